The first-order chi connectivity index (χ1) is 9.13. The van der Waals surface area contributed by atoms with Gasteiger partial charge in [0.15, 0.2) is 0 Å². The molecule has 1 amide bonds. The van der Waals surface area contributed by atoms with Crippen molar-refractivity contribution in [3.05, 3.63) is 36.0 Å². The number of nitriles is 1. The highest BCUT2D eigenvalue weighted by Gasteiger charge is 2.18. The number of H-pyrrole nitrogens is 1. The van der Waals surface area contributed by atoms with Crippen molar-refractivity contribution in [2.24, 2.45) is 0 Å². The van der Waals surface area contributed by atoms with E-state index >= 15 is 0 Å². The molecule has 0 saturated carbocycles. The smallest absolute Gasteiger partial charge is 0.228 e. The highest BCUT2D eigenvalue weighted by molar-refractivity contribution is 5.89. The third kappa shape index (κ3) is 2.76. The molecular weight excluding hydrogens is 238 g/mol. The molecular formula is C15H17N3O. The first kappa shape index (κ1) is 13.2. The number of benzene rings is 1. The van der Waals surface area contributed by atoms with Crippen LogP contribution in [0.1, 0.15) is 19.4 Å². The molecule has 1 heterocycles. The van der Waals surface area contributed by atoms with Crippen molar-refractivity contribution in [2.45, 2.75) is 26.3 Å². The van der Waals surface area contributed by atoms with Crippen LogP contribution in [0.4, 0.5) is 0 Å². The molecule has 0 aliphatic carbocycles. The topological polar surface area (TPSA) is 59.9 Å². The van der Waals surface area contributed by atoms with Crippen LogP contribution >= 0.6 is 0 Å². The summed E-state index contributed by atoms with van der Waals surface area (Å²) >= 11 is 0. The molecule has 1 N–H and O–H groups in total. The van der Waals surface area contributed by atoms with Crippen LogP contribution in [0.15, 0.2) is 30.5 Å². The Kier molecular flexibility index (Phi) is 3.86. The van der Waals surface area contributed by atoms with E-state index in [1.165, 1.54) is 0 Å². The van der Waals surface area contributed by atoms with E-state index in [2.05, 4.69) is 4.98 Å². The minimum absolute atomic E-state index is 0.0127. The van der Waals surface area contributed by atoms with E-state index in [1.54, 1.807) is 4.90 Å². The lowest BCUT2D eigenvalue weighted by Gasteiger charge is -2.23. The Morgan fingerprint density at radius 2 is 2.16 bits per heavy atom. The number of carbonyl (C=O) groups excluding carboxylic acids is 1. The van der Waals surface area contributed by atoms with Gasteiger partial charge in [-0.2, -0.15) is 5.26 Å². The molecule has 4 heteroatoms. The molecule has 0 atom stereocenters. The summed E-state index contributed by atoms with van der Waals surface area (Å²) in [5.41, 5.74) is 2.01. The van der Waals surface area contributed by atoms with Gasteiger partial charge in [-0.3, -0.25) is 4.79 Å². The third-order valence-corrected chi connectivity index (χ3v) is 3.20. The van der Waals surface area contributed by atoms with Crippen molar-refractivity contribution >= 4 is 16.8 Å². The van der Waals surface area contributed by atoms with Gasteiger partial charge in [-0.1, -0.05) is 18.2 Å². The van der Waals surface area contributed by atoms with Crippen molar-refractivity contribution in [3.63, 3.8) is 0 Å². The molecule has 4 nitrogen and oxygen atoms in total. The predicted octanol–water partition coefficient (Wildman–Crippen LogP) is 2.47. The van der Waals surface area contributed by atoms with Crippen LogP contribution in [0.2, 0.25) is 0 Å². The maximum atomic E-state index is 12.2. The second-order valence-corrected chi connectivity index (χ2v) is 4.81. The molecule has 0 spiro atoms. The largest absolute Gasteiger partial charge is 0.361 e. The Morgan fingerprint density at radius 3 is 2.84 bits per heavy atom. The molecule has 0 saturated heterocycles. The van der Waals surface area contributed by atoms with Crippen molar-refractivity contribution in [1.29, 1.82) is 5.26 Å². The highest BCUT2D eigenvalue weighted by atomic mass is 16.2. The number of hydrogen-bond acceptors (Lipinski definition) is 2. The molecule has 0 aliphatic rings. The quantitative estimate of drug-likeness (QED) is 0.853. The second kappa shape index (κ2) is 5.57. The van der Waals surface area contributed by atoms with Gasteiger partial charge in [-0.15, -0.1) is 0 Å². The molecule has 2 rings (SSSR count). The van der Waals surface area contributed by atoms with Crippen LogP contribution in [0, 0.1) is 11.3 Å². The highest BCUT2D eigenvalue weighted by Crippen LogP contribution is 2.19. The first-order valence-electron chi connectivity index (χ1n) is 6.35. The molecule has 1 aromatic heterocycles. The Bertz CT molecular complexity index is 622. The first-order valence-corrected chi connectivity index (χ1v) is 6.35. The normalized spacial score (nSPS) is 10.6. The fourth-order valence-electron chi connectivity index (χ4n) is 2.18. The zero-order valence-corrected chi connectivity index (χ0v) is 11.2. The zero-order valence-electron chi connectivity index (χ0n) is 11.2. The number of amides is 1. The molecule has 1 aromatic carbocycles. The number of hydrogen-bond donors (Lipinski definition) is 1. The molecule has 0 unspecified atom stereocenters. The summed E-state index contributed by atoms with van der Waals surface area (Å²) in [6.07, 6.45) is 2.19. The SMILES string of the molecule is CC(C)N(CC#N)C(=O)Cc1c[nH]c2ccccc12. The summed E-state index contributed by atoms with van der Waals surface area (Å²) in [5, 5.41) is 9.85. The van der Waals surface area contributed by atoms with E-state index in [0.717, 1.165) is 16.5 Å². The number of carbonyl (C=O) groups is 1. The summed E-state index contributed by atoms with van der Waals surface area (Å²) in [6, 6.07) is 9.98. The molecule has 2 aromatic rings. The summed E-state index contributed by atoms with van der Waals surface area (Å²) in [5.74, 6) is -0.0127. The van der Waals surface area contributed by atoms with Crippen molar-refractivity contribution in [2.75, 3.05) is 6.54 Å². The van der Waals surface area contributed by atoms with Gasteiger partial charge in [0, 0.05) is 23.1 Å². The van der Waals surface area contributed by atoms with Crippen LogP contribution in [-0.4, -0.2) is 28.4 Å². The second-order valence-electron chi connectivity index (χ2n) is 4.81. The van der Waals surface area contributed by atoms with Crippen LogP contribution < -0.4 is 0 Å². The number of nitrogens with one attached hydrogen (secondary N) is 1. The monoisotopic (exact) mass is 255 g/mol. The van der Waals surface area contributed by atoms with Gasteiger partial charge in [0.05, 0.1) is 12.5 Å². The average Bonchev–Trinajstić information content (AvgIpc) is 2.79. The molecule has 0 radical (unpaired) electrons. The third-order valence-electron chi connectivity index (χ3n) is 3.20. The van der Waals surface area contributed by atoms with E-state index in [0.29, 0.717) is 6.42 Å². The molecule has 19 heavy (non-hydrogen) atoms. The number of fused-ring (bicyclic) bond motifs is 1. The Labute approximate surface area is 112 Å². The van der Waals surface area contributed by atoms with Crippen molar-refractivity contribution in [3.8, 4) is 6.07 Å². The number of rotatable bonds is 4. The van der Waals surface area contributed by atoms with Crippen LogP contribution in [-0.2, 0) is 11.2 Å². The maximum absolute atomic E-state index is 12.2. The lowest BCUT2D eigenvalue weighted by molar-refractivity contribution is -0.131. The molecule has 0 aliphatic heterocycles. The van der Waals surface area contributed by atoms with E-state index in [1.807, 2.05) is 50.4 Å². The van der Waals surface area contributed by atoms with Crippen LogP contribution in [0.5, 0.6) is 0 Å². The van der Waals surface area contributed by atoms with Gasteiger partial charge in [-0.05, 0) is 25.5 Å². The number of para-hydroxylation sites is 1. The van der Waals surface area contributed by atoms with Crippen molar-refractivity contribution < 1.29 is 4.79 Å². The number of nitrogens with zero attached hydrogens (tertiary/aromatic N) is 2. The fraction of sp³-hybridized carbons (Fsp3) is 0.333. The summed E-state index contributed by atoms with van der Waals surface area (Å²) in [4.78, 5) is 17.0. The predicted molar refractivity (Wildman–Crippen MR) is 74.5 cm³/mol. The average molecular weight is 255 g/mol. The minimum atomic E-state index is -0.0127. The lowest BCUT2D eigenvalue weighted by atomic mass is 10.1. The van der Waals surface area contributed by atoms with E-state index in [4.69, 9.17) is 5.26 Å². The Balaban J connectivity index is 2.21. The van der Waals surface area contributed by atoms with E-state index in [-0.39, 0.29) is 18.5 Å². The van der Waals surface area contributed by atoms with Gasteiger partial charge in [0.1, 0.15) is 6.54 Å². The summed E-state index contributed by atoms with van der Waals surface area (Å²) in [6.45, 7) is 3.98. The van der Waals surface area contributed by atoms with Gasteiger partial charge < -0.3 is 9.88 Å². The van der Waals surface area contributed by atoms with E-state index in [9.17, 15) is 4.79 Å². The molecule has 0 bridgehead atoms. The Hall–Kier alpha value is -2.28. The minimum Gasteiger partial charge on any atom is -0.361 e. The maximum Gasteiger partial charge on any atom is 0.228 e. The van der Waals surface area contributed by atoms with Gasteiger partial charge in [-0.25, -0.2) is 0 Å². The van der Waals surface area contributed by atoms with Gasteiger partial charge in [0.25, 0.3) is 0 Å². The summed E-state index contributed by atoms with van der Waals surface area (Å²) in [7, 11) is 0. The molecule has 98 valence electrons. The molecule has 0 fully saturated rings. The van der Waals surface area contributed by atoms with Crippen LogP contribution in [0.3, 0.4) is 0 Å². The van der Waals surface area contributed by atoms with Gasteiger partial charge >= 0.3 is 0 Å². The Morgan fingerprint density at radius 1 is 1.42 bits per heavy atom. The fourth-order valence-corrected chi connectivity index (χ4v) is 2.18. The summed E-state index contributed by atoms with van der Waals surface area (Å²) < 4.78 is 0. The van der Waals surface area contributed by atoms with Crippen LogP contribution in [0.25, 0.3) is 10.9 Å². The van der Waals surface area contributed by atoms with Crippen molar-refractivity contribution in [1.82, 2.24) is 9.88 Å². The standard InChI is InChI=1S/C15H17N3O/c1-11(2)18(8-7-16)15(19)9-12-10-17-14-6-4-3-5-13(12)14/h3-6,10-11,17H,8-9H2,1-2H3. The lowest BCUT2D eigenvalue weighted by Crippen LogP contribution is -2.38. The number of aromatic amines is 1. The van der Waals surface area contributed by atoms with E-state index < -0.39 is 0 Å². The van der Waals surface area contributed by atoms with Gasteiger partial charge in [0.2, 0.25) is 5.91 Å². The number of aromatic nitrogens is 1. The zero-order chi connectivity index (χ0) is 13.8.